The van der Waals surface area contributed by atoms with Gasteiger partial charge in [-0.3, -0.25) is 4.79 Å². The molecule has 1 heterocycles. The summed E-state index contributed by atoms with van der Waals surface area (Å²) >= 11 is 1.37. The number of para-hydroxylation sites is 1. The molecule has 2 fully saturated rings. The van der Waals surface area contributed by atoms with Crippen LogP contribution < -0.4 is 5.32 Å². The highest BCUT2D eigenvalue weighted by Crippen LogP contribution is 2.37. The predicted octanol–water partition coefficient (Wildman–Crippen LogP) is 3.90. The zero-order valence-corrected chi connectivity index (χ0v) is 18.8. The number of aromatic nitrogens is 2. The molecule has 2 saturated carbocycles. The van der Waals surface area contributed by atoms with Crippen LogP contribution in [0.15, 0.2) is 46.7 Å². The van der Waals surface area contributed by atoms with Crippen LogP contribution in [0.1, 0.15) is 51.0 Å². The van der Waals surface area contributed by atoms with E-state index in [1.807, 2.05) is 6.20 Å². The number of nitrogens with one attached hydrogen (secondary N) is 1. The summed E-state index contributed by atoms with van der Waals surface area (Å²) in [7, 11) is -2.04. The normalized spacial score (nSPS) is 17.9. The Kier molecular flexibility index (Phi) is 6.50. The molecule has 2 aromatic rings. The maximum absolute atomic E-state index is 13.3. The number of amides is 1. The second-order valence-corrected chi connectivity index (χ2v) is 10.9. The lowest BCUT2D eigenvalue weighted by atomic mass is 9.96. The minimum Gasteiger partial charge on any atom is -0.324 e. The van der Waals surface area contributed by atoms with Gasteiger partial charge >= 0.3 is 0 Å². The summed E-state index contributed by atoms with van der Waals surface area (Å²) in [4.78, 5) is 17.1. The number of anilines is 1. The van der Waals surface area contributed by atoms with Crippen LogP contribution in [0.4, 0.5) is 5.69 Å². The SMILES string of the molecule is CN(C1CCCCC1)S(=O)(=O)c1ccccc1NC(=O)CSc1nccn1C1CC1. The summed E-state index contributed by atoms with van der Waals surface area (Å²) in [5, 5.41) is 3.62. The molecule has 0 radical (unpaired) electrons. The lowest BCUT2D eigenvalue weighted by Crippen LogP contribution is -2.38. The molecule has 1 N–H and O–H groups in total. The molecule has 0 bridgehead atoms. The van der Waals surface area contributed by atoms with Gasteiger partial charge in [0.15, 0.2) is 5.16 Å². The van der Waals surface area contributed by atoms with Crippen molar-refractivity contribution in [2.45, 2.75) is 67.1 Å². The molecule has 1 amide bonds. The summed E-state index contributed by atoms with van der Waals surface area (Å²) in [5.41, 5.74) is 0.330. The van der Waals surface area contributed by atoms with E-state index in [0.29, 0.717) is 11.7 Å². The Morgan fingerprint density at radius 2 is 1.93 bits per heavy atom. The number of hydrogen-bond acceptors (Lipinski definition) is 5. The van der Waals surface area contributed by atoms with Gasteiger partial charge in [-0.1, -0.05) is 43.2 Å². The van der Waals surface area contributed by atoms with Gasteiger partial charge in [0.1, 0.15) is 4.90 Å². The summed E-state index contributed by atoms with van der Waals surface area (Å²) in [6, 6.07) is 7.16. The Labute approximate surface area is 182 Å². The number of imidazole rings is 1. The standard InChI is InChI=1S/C21H28N4O3S2/c1-24(16-7-3-2-4-8-16)30(27,28)19-10-6-5-9-18(19)23-20(26)15-29-21-22-13-14-25(21)17-11-12-17/h5-6,9-10,13-14,16-17H,2-4,7-8,11-12,15H2,1H3,(H,23,26). The molecular weight excluding hydrogens is 420 g/mol. The van der Waals surface area contributed by atoms with Gasteiger partial charge < -0.3 is 9.88 Å². The fourth-order valence-corrected chi connectivity index (χ4v) is 6.34. The van der Waals surface area contributed by atoms with Gasteiger partial charge in [0.25, 0.3) is 0 Å². The molecule has 1 aromatic heterocycles. The average Bonchev–Trinajstić information content (AvgIpc) is 3.50. The Hall–Kier alpha value is -1.84. The van der Waals surface area contributed by atoms with Crippen LogP contribution >= 0.6 is 11.8 Å². The first kappa shape index (κ1) is 21.4. The Morgan fingerprint density at radius 1 is 1.20 bits per heavy atom. The summed E-state index contributed by atoms with van der Waals surface area (Å²) in [6.07, 6.45) is 11.0. The minimum atomic E-state index is -3.69. The molecule has 0 atom stereocenters. The summed E-state index contributed by atoms with van der Waals surface area (Å²) in [5.74, 6) is -0.0651. The molecule has 0 saturated heterocycles. The number of benzene rings is 1. The molecule has 2 aliphatic carbocycles. The van der Waals surface area contributed by atoms with Crippen molar-refractivity contribution in [2.75, 3.05) is 18.1 Å². The molecule has 162 valence electrons. The lowest BCUT2D eigenvalue weighted by molar-refractivity contribution is -0.113. The second-order valence-electron chi connectivity index (χ2n) is 7.99. The molecule has 2 aliphatic rings. The third kappa shape index (κ3) is 4.73. The fraction of sp³-hybridized carbons (Fsp3) is 0.524. The smallest absolute Gasteiger partial charge is 0.245 e. The Morgan fingerprint density at radius 3 is 2.67 bits per heavy atom. The summed E-state index contributed by atoms with van der Waals surface area (Å²) < 4.78 is 30.1. The van der Waals surface area contributed by atoms with Crippen molar-refractivity contribution in [2.24, 2.45) is 0 Å². The van der Waals surface area contributed by atoms with Gasteiger partial charge in [0, 0.05) is 31.5 Å². The molecular formula is C21H28N4O3S2. The Balaban J connectivity index is 1.44. The fourth-order valence-electron chi connectivity index (χ4n) is 3.95. The van der Waals surface area contributed by atoms with Crippen molar-refractivity contribution >= 4 is 33.4 Å². The maximum atomic E-state index is 13.3. The van der Waals surface area contributed by atoms with E-state index in [1.165, 1.54) is 16.1 Å². The highest BCUT2D eigenvalue weighted by atomic mass is 32.2. The van der Waals surface area contributed by atoms with Crippen LogP contribution in [0, 0.1) is 0 Å². The third-order valence-electron chi connectivity index (χ3n) is 5.81. The van der Waals surface area contributed by atoms with Crippen LogP contribution in [0.2, 0.25) is 0 Å². The molecule has 9 heteroatoms. The first-order chi connectivity index (χ1) is 14.5. The monoisotopic (exact) mass is 448 g/mol. The van der Waals surface area contributed by atoms with Crippen LogP contribution in [0.25, 0.3) is 0 Å². The molecule has 1 aromatic carbocycles. The van der Waals surface area contributed by atoms with Gasteiger partial charge in [-0.15, -0.1) is 0 Å². The van der Waals surface area contributed by atoms with E-state index < -0.39 is 10.0 Å². The molecule has 0 spiro atoms. The van der Waals surface area contributed by atoms with Crippen molar-refractivity contribution in [1.82, 2.24) is 13.9 Å². The first-order valence-corrected chi connectivity index (χ1v) is 12.9. The largest absolute Gasteiger partial charge is 0.324 e. The van der Waals surface area contributed by atoms with Gasteiger partial charge in [-0.25, -0.2) is 13.4 Å². The highest BCUT2D eigenvalue weighted by molar-refractivity contribution is 7.99. The maximum Gasteiger partial charge on any atom is 0.245 e. The van der Waals surface area contributed by atoms with Gasteiger partial charge in [0.05, 0.1) is 11.4 Å². The van der Waals surface area contributed by atoms with Crippen molar-refractivity contribution < 1.29 is 13.2 Å². The number of thioether (sulfide) groups is 1. The predicted molar refractivity (Wildman–Crippen MR) is 118 cm³/mol. The van der Waals surface area contributed by atoms with Crippen molar-refractivity contribution in [3.8, 4) is 0 Å². The molecule has 0 unspecified atom stereocenters. The quantitative estimate of drug-likeness (QED) is 0.619. The summed E-state index contributed by atoms with van der Waals surface area (Å²) in [6.45, 7) is 0. The number of hydrogen-bond donors (Lipinski definition) is 1. The molecule has 0 aliphatic heterocycles. The van der Waals surface area contributed by atoms with E-state index in [-0.39, 0.29) is 22.6 Å². The first-order valence-electron chi connectivity index (χ1n) is 10.5. The zero-order chi connectivity index (χ0) is 21.1. The van der Waals surface area contributed by atoms with Crippen LogP contribution in [0.3, 0.4) is 0 Å². The molecule has 7 nitrogen and oxygen atoms in total. The minimum absolute atomic E-state index is 0.0179. The zero-order valence-electron chi connectivity index (χ0n) is 17.2. The van der Waals surface area contributed by atoms with E-state index in [0.717, 1.165) is 50.1 Å². The van der Waals surface area contributed by atoms with Crippen molar-refractivity contribution in [3.63, 3.8) is 0 Å². The third-order valence-corrected chi connectivity index (χ3v) is 8.76. The number of carbonyl (C=O) groups is 1. The topological polar surface area (TPSA) is 84.3 Å². The van der Waals surface area contributed by atoms with E-state index in [1.54, 1.807) is 37.5 Å². The van der Waals surface area contributed by atoms with E-state index in [4.69, 9.17) is 0 Å². The van der Waals surface area contributed by atoms with E-state index in [2.05, 4.69) is 14.9 Å². The van der Waals surface area contributed by atoms with E-state index in [9.17, 15) is 13.2 Å². The van der Waals surface area contributed by atoms with Crippen LogP contribution in [-0.4, -0.2) is 47.0 Å². The van der Waals surface area contributed by atoms with E-state index >= 15 is 0 Å². The van der Waals surface area contributed by atoms with Gasteiger partial charge in [-0.05, 0) is 37.8 Å². The van der Waals surface area contributed by atoms with Gasteiger partial charge in [0.2, 0.25) is 15.9 Å². The Bertz CT molecular complexity index is 995. The van der Waals surface area contributed by atoms with Crippen molar-refractivity contribution in [3.05, 3.63) is 36.7 Å². The second kappa shape index (κ2) is 9.11. The van der Waals surface area contributed by atoms with Crippen molar-refractivity contribution in [1.29, 1.82) is 0 Å². The highest BCUT2D eigenvalue weighted by Gasteiger charge is 2.31. The lowest BCUT2D eigenvalue weighted by Gasteiger charge is -2.30. The van der Waals surface area contributed by atoms with Gasteiger partial charge in [-0.2, -0.15) is 4.31 Å². The number of rotatable bonds is 8. The molecule has 4 rings (SSSR count). The average molecular weight is 449 g/mol. The molecule has 30 heavy (non-hydrogen) atoms. The van der Waals surface area contributed by atoms with Crippen LogP contribution in [-0.2, 0) is 14.8 Å². The number of sulfonamides is 1. The number of carbonyl (C=O) groups excluding carboxylic acids is 1. The number of nitrogens with zero attached hydrogens (tertiary/aromatic N) is 3. The van der Waals surface area contributed by atoms with Crippen LogP contribution in [0.5, 0.6) is 0 Å².